The van der Waals surface area contributed by atoms with Gasteiger partial charge in [-0.05, 0) is 60.7 Å². The van der Waals surface area contributed by atoms with Gasteiger partial charge in [-0.25, -0.2) is 4.98 Å². The minimum atomic E-state index is -0.0429. The van der Waals surface area contributed by atoms with Gasteiger partial charge in [0.1, 0.15) is 5.65 Å². The van der Waals surface area contributed by atoms with Crippen LogP contribution in [0.5, 0.6) is 0 Å². The van der Waals surface area contributed by atoms with Gasteiger partial charge in [-0.1, -0.05) is 72.8 Å². The van der Waals surface area contributed by atoms with Crippen LogP contribution >= 0.6 is 0 Å². The molecule has 0 aliphatic carbocycles. The second-order valence-corrected chi connectivity index (χ2v) is 10.4. The molecule has 0 radical (unpaired) electrons. The van der Waals surface area contributed by atoms with Crippen LogP contribution in [0.15, 0.2) is 138 Å². The summed E-state index contributed by atoms with van der Waals surface area (Å²) < 4.78 is 1.76. The molecule has 0 spiro atoms. The molecule has 192 valence electrons. The maximum Gasteiger partial charge on any atom is 0.264 e. The predicted molar refractivity (Wildman–Crippen MR) is 168 cm³/mol. The summed E-state index contributed by atoms with van der Waals surface area (Å²) in [5, 5.41) is 3.63. The van der Waals surface area contributed by atoms with Crippen LogP contribution in [0.25, 0.3) is 38.2 Å². The Morgan fingerprint density at radius 3 is 1.80 bits per heavy atom. The van der Waals surface area contributed by atoms with E-state index in [1.54, 1.807) is 4.40 Å². The highest BCUT2D eigenvalue weighted by atomic mass is 16.1. The Bertz CT molecular complexity index is 2310. The lowest BCUT2D eigenvalue weighted by Gasteiger charge is -2.40. The first-order valence-corrected chi connectivity index (χ1v) is 13.7. The second kappa shape index (κ2) is 8.16. The molecule has 0 atom stereocenters. The van der Waals surface area contributed by atoms with Crippen molar-refractivity contribution in [1.82, 2.24) is 9.38 Å². The molecule has 1 aliphatic heterocycles. The number of para-hydroxylation sites is 7. The first-order chi connectivity index (χ1) is 20.3. The molecule has 0 amide bonds. The van der Waals surface area contributed by atoms with Gasteiger partial charge in [-0.15, -0.1) is 0 Å². The maximum atomic E-state index is 14.0. The van der Waals surface area contributed by atoms with Gasteiger partial charge >= 0.3 is 0 Å². The molecule has 0 unspecified atom stereocenters. The molecule has 0 saturated carbocycles. The number of rotatable bonds is 2. The summed E-state index contributed by atoms with van der Waals surface area (Å²) >= 11 is 0. The quantitative estimate of drug-likeness (QED) is 0.226. The van der Waals surface area contributed by atoms with E-state index < -0.39 is 0 Å². The van der Waals surface area contributed by atoms with E-state index >= 15 is 0 Å². The largest absolute Gasteiger partial charge is 0.306 e. The molecular weight excluding hydrogens is 504 g/mol. The lowest BCUT2D eigenvalue weighted by molar-refractivity contribution is 1.17. The molecule has 3 heterocycles. The molecule has 5 nitrogen and oxygen atoms in total. The van der Waals surface area contributed by atoms with Gasteiger partial charge in [0.15, 0.2) is 0 Å². The number of imidazole rings is 1. The summed E-state index contributed by atoms with van der Waals surface area (Å²) in [6.45, 7) is 0. The second-order valence-electron chi connectivity index (χ2n) is 10.4. The average Bonchev–Trinajstić information content (AvgIpc) is 3.43. The van der Waals surface area contributed by atoms with Crippen LogP contribution in [0.3, 0.4) is 0 Å². The Morgan fingerprint density at radius 2 is 1.07 bits per heavy atom. The summed E-state index contributed by atoms with van der Waals surface area (Å²) in [6, 6.07) is 45.7. The highest BCUT2D eigenvalue weighted by Gasteiger charge is 2.31. The smallest absolute Gasteiger partial charge is 0.264 e. The molecule has 41 heavy (non-hydrogen) atoms. The van der Waals surface area contributed by atoms with Crippen molar-refractivity contribution in [3.05, 3.63) is 144 Å². The highest BCUT2D eigenvalue weighted by Crippen LogP contribution is 2.55. The van der Waals surface area contributed by atoms with Crippen molar-refractivity contribution in [1.29, 1.82) is 0 Å². The molecule has 5 heteroatoms. The third-order valence-corrected chi connectivity index (χ3v) is 8.24. The number of fused-ring (bicyclic) bond motifs is 6. The number of aromatic nitrogens is 2. The summed E-state index contributed by atoms with van der Waals surface area (Å²) in [4.78, 5) is 23.5. The van der Waals surface area contributed by atoms with E-state index in [4.69, 9.17) is 4.98 Å². The number of anilines is 6. The van der Waals surface area contributed by atoms with E-state index in [-0.39, 0.29) is 5.56 Å². The Morgan fingerprint density at radius 1 is 0.463 bits per heavy atom. The molecule has 0 bridgehead atoms. The highest BCUT2D eigenvalue weighted by molar-refractivity contribution is 6.20. The number of pyridine rings is 1. The third kappa shape index (κ3) is 2.95. The number of hydrogen-bond acceptors (Lipinski definition) is 4. The topological polar surface area (TPSA) is 40.9 Å². The Balaban J connectivity index is 1.37. The van der Waals surface area contributed by atoms with E-state index in [2.05, 4.69) is 107 Å². The molecule has 1 aliphatic rings. The van der Waals surface area contributed by atoms with Crippen LogP contribution < -0.4 is 15.4 Å². The summed E-state index contributed by atoms with van der Waals surface area (Å²) in [5.74, 6) is 0. The predicted octanol–water partition coefficient (Wildman–Crippen LogP) is 8.84. The van der Waals surface area contributed by atoms with E-state index in [0.29, 0.717) is 11.0 Å². The van der Waals surface area contributed by atoms with Gasteiger partial charge in [0.25, 0.3) is 5.56 Å². The SMILES string of the molecule is O=c1c2ccc(N3c4ccccc4N(c4ccccc4)c4ccccc43)c3cccc(c32)c2nc3ccccc3n12. The van der Waals surface area contributed by atoms with Crippen molar-refractivity contribution in [2.24, 2.45) is 0 Å². The molecule has 0 N–H and O–H groups in total. The summed E-state index contributed by atoms with van der Waals surface area (Å²) in [5.41, 5.74) is 8.77. The molecule has 8 aromatic rings. The summed E-state index contributed by atoms with van der Waals surface area (Å²) in [7, 11) is 0. The molecule has 2 aromatic heterocycles. The molecule has 6 aromatic carbocycles. The molecule has 0 saturated heterocycles. The van der Waals surface area contributed by atoms with Crippen LogP contribution in [0.1, 0.15) is 0 Å². The zero-order valence-electron chi connectivity index (χ0n) is 21.9. The van der Waals surface area contributed by atoms with Crippen LogP contribution in [-0.4, -0.2) is 9.38 Å². The van der Waals surface area contributed by atoms with Crippen LogP contribution in [0, 0.1) is 0 Å². The lowest BCUT2D eigenvalue weighted by atomic mass is 9.98. The fourth-order valence-electron chi connectivity index (χ4n) is 6.54. The minimum Gasteiger partial charge on any atom is -0.306 e. The monoisotopic (exact) mass is 526 g/mol. The standard InChI is InChI=1S/C36H22N4O/c41-36-26-21-22-28(24-13-10-14-25(34(24)26)35-37-27-15-4-5-16-29(27)40(35)36)39-32-19-8-6-17-30(32)38(23-11-2-1-3-12-23)31-18-7-9-20-33(31)39/h1-22H. The van der Waals surface area contributed by atoms with Crippen LogP contribution in [0.2, 0.25) is 0 Å². The van der Waals surface area contributed by atoms with Gasteiger partial charge in [0.05, 0.1) is 39.5 Å². The fourth-order valence-corrected chi connectivity index (χ4v) is 6.54. The number of nitrogens with zero attached hydrogens (tertiary/aromatic N) is 4. The van der Waals surface area contributed by atoms with Gasteiger partial charge in [-0.3, -0.25) is 9.20 Å². The van der Waals surface area contributed by atoms with Crippen LogP contribution in [0.4, 0.5) is 34.1 Å². The van der Waals surface area contributed by atoms with Crippen molar-refractivity contribution >= 4 is 72.3 Å². The first kappa shape index (κ1) is 22.2. The van der Waals surface area contributed by atoms with Gasteiger partial charge in [0, 0.05) is 27.2 Å². The van der Waals surface area contributed by atoms with Gasteiger partial charge in [0.2, 0.25) is 0 Å². The Hall–Kier alpha value is -5.68. The van der Waals surface area contributed by atoms with Crippen LogP contribution in [-0.2, 0) is 0 Å². The van der Waals surface area contributed by atoms with Crippen molar-refractivity contribution in [2.75, 3.05) is 9.80 Å². The normalized spacial score (nSPS) is 12.9. The van der Waals surface area contributed by atoms with Crippen molar-refractivity contribution < 1.29 is 0 Å². The van der Waals surface area contributed by atoms with E-state index in [1.807, 2.05) is 36.4 Å². The average molecular weight is 527 g/mol. The maximum absolute atomic E-state index is 14.0. The first-order valence-electron chi connectivity index (χ1n) is 13.7. The molecular formula is C36H22N4O. The molecule has 0 fully saturated rings. The Labute approximate surface area is 235 Å². The minimum absolute atomic E-state index is 0.0429. The van der Waals surface area contributed by atoms with E-state index in [9.17, 15) is 4.79 Å². The van der Waals surface area contributed by atoms with Crippen molar-refractivity contribution in [2.45, 2.75) is 0 Å². The summed E-state index contributed by atoms with van der Waals surface area (Å²) in [6.07, 6.45) is 0. The number of hydrogen-bond donors (Lipinski definition) is 0. The zero-order chi connectivity index (χ0) is 27.1. The Kier molecular flexibility index (Phi) is 4.41. The van der Waals surface area contributed by atoms with Gasteiger partial charge in [-0.2, -0.15) is 0 Å². The van der Waals surface area contributed by atoms with Crippen molar-refractivity contribution in [3.63, 3.8) is 0 Å². The fraction of sp³-hybridized carbons (Fsp3) is 0. The zero-order valence-corrected chi connectivity index (χ0v) is 21.9. The van der Waals surface area contributed by atoms with E-state index in [0.717, 1.165) is 61.3 Å². The number of benzene rings is 6. The third-order valence-electron chi connectivity index (χ3n) is 8.24. The van der Waals surface area contributed by atoms with Crippen molar-refractivity contribution in [3.8, 4) is 0 Å². The molecule has 9 rings (SSSR count). The lowest BCUT2D eigenvalue weighted by Crippen LogP contribution is -2.24. The van der Waals surface area contributed by atoms with Gasteiger partial charge < -0.3 is 9.80 Å². The van der Waals surface area contributed by atoms with E-state index in [1.165, 1.54) is 0 Å².